The minimum atomic E-state index is -2.30. The van der Waals surface area contributed by atoms with Gasteiger partial charge in [-0.1, -0.05) is 146 Å². The second kappa shape index (κ2) is 11.3. The maximum absolute atomic E-state index is 6.93. The molecule has 0 saturated carbocycles. The number of hydrogen-bond acceptors (Lipinski definition) is 2. The highest BCUT2D eigenvalue weighted by Crippen LogP contribution is 2.49. The highest BCUT2D eigenvalue weighted by molar-refractivity contribution is 6.86. The summed E-state index contributed by atoms with van der Waals surface area (Å²) < 4.78 is 6.93. The molecule has 3 aliphatic rings. The molecule has 0 spiro atoms. The maximum atomic E-state index is 6.93. The van der Waals surface area contributed by atoms with Crippen LogP contribution in [0.25, 0.3) is 75.8 Å². The first kappa shape index (κ1) is 30.2. The molecule has 2 aliphatic carbocycles. The summed E-state index contributed by atoms with van der Waals surface area (Å²) in [4.78, 5) is 2.43. The first-order valence-corrected chi connectivity index (χ1v) is 21.4. The lowest BCUT2D eigenvalue weighted by Crippen LogP contribution is -2.48. The molecule has 0 amide bonds. The fraction of sp³-hybridized carbons (Fsp3) is 0.0400. The van der Waals surface area contributed by atoms with Gasteiger partial charge in [0.15, 0.2) is 0 Å². The average Bonchev–Trinajstić information content (AvgIpc) is 3.30. The van der Waals surface area contributed by atoms with E-state index in [0.717, 1.165) is 17.1 Å². The van der Waals surface area contributed by atoms with Gasteiger partial charge in [0, 0.05) is 16.6 Å². The zero-order valence-electron chi connectivity index (χ0n) is 29.6. The van der Waals surface area contributed by atoms with Crippen LogP contribution in [0.1, 0.15) is 0 Å². The van der Waals surface area contributed by atoms with E-state index < -0.39 is 8.32 Å². The van der Waals surface area contributed by atoms with Crippen LogP contribution in [-0.2, 0) is 0 Å². The third-order valence-electron chi connectivity index (χ3n) is 11.4. The van der Waals surface area contributed by atoms with Crippen molar-refractivity contribution in [3.05, 3.63) is 176 Å². The molecule has 0 aromatic heterocycles. The third-order valence-corrected chi connectivity index (χ3v) is 13.9. The van der Waals surface area contributed by atoms with E-state index in [-0.39, 0.29) is 0 Å². The molecular weight excluding hydrogens is 659 g/mol. The summed E-state index contributed by atoms with van der Waals surface area (Å²) in [7, 11) is -2.30. The predicted molar refractivity (Wildman–Crippen MR) is 229 cm³/mol. The zero-order chi connectivity index (χ0) is 35.3. The Kier molecular flexibility index (Phi) is 6.44. The molecule has 53 heavy (non-hydrogen) atoms. The van der Waals surface area contributed by atoms with Gasteiger partial charge in [0.2, 0.25) is 0 Å². The summed E-state index contributed by atoms with van der Waals surface area (Å²) in [5, 5.41) is 16.3. The first-order chi connectivity index (χ1) is 26.1. The van der Waals surface area contributed by atoms with Gasteiger partial charge in [0.05, 0.1) is 5.69 Å². The molecule has 0 atom stereocenters. The lowest BCUT2D eigenvalue weighted by molar-refractivity contribution is 0.568. The van der Waals surface area contributed by atoms with Gasteiger partial charge in [-0.3, -0.25) is 0 Å². The zero-order valence-corrected chi connectivity index (χ0v) is 30.6. The molecular formula is C50H35NOSi. The number of nitrogens with zero attached hydrogens (tertiary/aromatic N) is 1. The quantitative estimate of drug-likeness (QED) is 0.159. The van der Waals surface area contributed by atoms with Crippen LogP contribution in [0.2, 0.25) is 13.1 Å². The molecule has 0 radical (unpaired) electrons. The number of para-hydroxylation sites is 3. The van der Waals surface area contributed by atoms with Gasteiger partial charge in [-0.2, -0.15) is 0 Å². The number of rotatable bonds is 1. The van der Waals surface area contributed by atoms with E-state index in [1.54, 1.807) is 0 Å². The Hall–Kier alpha value is -6.42. The van der Waals surface area contributed by atoms with E-state index in [0.29, 0.717) is 0 Å². The molecule has 2 nitrogen and oxygen atoms in total. The van der Waals surface area contributed by atoms with Crippen LogP contribution in [-0.4, -0.2) is 8.32 Å². The van der Waals surface area contributed by atoms with Crippen LogP contribution in [0.3, 0.4) is 0 Å². The van der Waals surface area contributed by atoms with Crippen molar-refractivity contribution in [1.29, 1.82) is 0 Å². The van der Waals surface area contributed by atoms with E-state index in [4.69, 9.17) is 4.43 Å². The Labute approximate surface area is 309 Å². The van der Waals surface area contributed by atoms with E-state index >= 15 is 0 Å². The minimum Gasteiger partial charge on any atom is -0.538 e. The Balaban J connectivity index is 1.39. The third kappa shape index (κ3) is 4.38. The van der Waals surface area contributed by atoms with E-state index in [1.165, 1.54) is 86.6 Å². The standard InChI is InChI=1S/C50H35NOSi/c1-53(2)48-28-12-10-26-46(48)51(45-25-9-11-27-47(45)52-53)32-29-30-39-35-17-5-8-20-38(35)41-22-13-21-40-36-18-6-3-15-33(36)34-16-4-7-19-37(34)42-23-14-24-43(44(39)31-32)50(42)49(40)41/h3-31H,1-2H3. The van der Waals surface area contributed by atoms with Gasteiger partial charge in [-0.25, -0.2) is 0 Å². The molecule has 250 valence electrons. The molecule has 0 fully saturated rings. The number of anilines is 3. The van der Waals surface area contributed by atoms with Crippen LogP contribution in [0, 0.1) is 0 Å². The van der Waals surface area contributed by atoms with Crippen molar-refractivity contribution in [2.75, 3.05) is 4.90 Å². The smallest absolute Gasteiger partial charge is 0.279 e. The van der Waals surface area contributed by atoms with Crippen molar-refractivity contribution >= 4 is 95.2 Å². The molecule has 0 bridgehead atoms. The van der Waals surface area contributed by atoms with Crippen LogP contribution in [0.15, 0.2) is 176 Å². The molecule has 8 aromatic rings. The van der Waals surface area contributed by atoms with Gasteiger partial charge in [0.1, 0.15) is 5.75 Å². The van der Waals surface area contributed by atoms with Gasteiger partial charge < -0.3 is 9.33 Å². The van der Waals surface area contributed by atoms with Crippen molar-refractivity contribution in [2.45, 2.75) is 13.1 Å². The molecule has 0 unspecified atom stereocenters. The van der Waals surface area contributed by atoms with Gasteiger partial charge >= 0.3 is 0 Å². The van der Waals surface area contributed by atoms with E-state index in [1.807, 2.05) is 0 Å². The van der Waals surface area contributed by atoms with Crippen molar-refractivity contribution in [1.82, 2.24) is 0 Å². The molecule has 1 heterocycles. The number of benzene rings is 8. The summed E-state index contributed by atoms with van der Waals surface area (Å²) in [6.45, 7) is 4.60. The highest BCUT2D eigenvalue weighted by atomic mass is 28.4. The molecule has 8 aromatic carbocycles. The number of hydrogen-bond donors (Lipinski definition) is 0. The fourth-order valence-electron chi connectivity index (χ4n) is 9.17. The lowest BCUT2D eigenvalue weighted by Gasteiger charge is -2.27. The first-order valence-electron chi connectivity index (χ1n) is 18.4. The molecule has 1 aliphatic heterocycles. The topological polar surface area (TPSA) is 12.5 Å². The van der Waals surface area contributed by atoms with Gasteiger partial charge in [-0.05, 0) is 119 Å². The van der Waals surface area contributed by atoms with Crippen LogP contribution in [0.5, 0.6) is 5.75 Å². The Bertz CT molecular complexity index is 3140. The van der Waals surface area contributed by atoms with Gasteiger partial charge in [-0.15, -0.1) is 0 Å². The van der Waals surface area contributed by atoms with Crippen molar-refractivity contribution in [3.8, 4) is 16.9 Å². The molecule has 0 saturated heterocycles. The Morgan fingerprint density at radius 3 is 1.30 bits per heavy atom. The highest BCUT2D eigenvalue weighted by Gasteiger charge is 2.36. The summed E-state index contributed by atoms with van der Waals surface area (Å²) in [5.74, 6) is 0.927. The summed E-state index contributed by atoms with van der Waals surface area (Å²) >= 11 is 0. The van der Waals surface area contributed by atoms with E-state index in [9.17, 15) is 0 Å². The molecule has 11 rings (SSSR count). The predicted octanol–water partition coefficient (Wildman–Crippen LogP) is 13.5. The molecule has 0 N–H and O–H groups in total. The number of fused-ring (bicyclic) bond motifs is 12. The van der Waals surface area contributed by atoms with Crippen LogP contribution in [0.4, 0.5) is 17.1 Å². The second-order valence-electron chi connectivity index (χ2n) is 14.8. The van der Waals surface area contributed by atoms with Gasteiger partial charge in [0.25, 0.3) is 8.32 Å². The van der Waals surface area contributed by atoms with Crippen molar-refractivity contribution < 1.29 is 4.43 Å². The largest absolute Gasteiger partial charge is 0.538 e. The normalized spacial score (nSPS) is 13.7. The van der Waals surface area contributed by atoms with Crippen molar-refractivity contribution in [2.24, 2.45) is 0 Å². The molecule has 3 heteroatoms. The summed E-state index contributed by atoms with van der Waals surface area (Å²) in [6.07, 6.45) is 0. The van der Waals surface area contributed by atoms with Crippen LogP contribution < -0.4 is 14.5 Å². The Morgan fingerprint density at radius 1 is 0.358 bits per heavy atom. The second-order valence-corrected chi connectivity index (χ2v) is 18.5. The minimum absolute atomic E-state index is 0.927. The van der Waals surface area contributed by atoms with Crippen LogP contribution >= 0.6 is 0 Å². The lowest BCUT2D eigenvalue weighted by atomic mass is 9.84. The fourth-order valence-corrected chi connectivity index (χ4v) is 11.3. The SMILES string of the molecule is C[Si]1(C)Oc2ccccc2N(c2ccc3c(c2)c2cccc4c2-c2c(cccc2c2ccccc23)c2ccccc2c2ccccc42)c2ccccc21. The summed E-state index contributed by atoms with van der Waals surface area (Å²) in [6, 6.07) is 65.1. The average molecular weight is 694 g/mol. The Morgan fingerprint density at radius 2 is 0.755 bits per heavy atom. The summed E-state index contributed by atoms with van der Waals surface area (Å²) in [5.41, 5.74) is 5.92. The van der Waals surface area contributed by atoms with Crippen molar-refractivity contribution in [3.63, 3.8) is 0 Å². The van der Waals surface area contributed by atoms with E-state index in [2.05, 4.69) is 194 Å². The maximum Gasteiger partial charge on any atom is 0.279 e. The monoisotopic (exact) mass is 693 g/mol.